The minimum atomic E-state index is -3.54. The molecule has 1 amide bonds. The second-order valence-corrected chi connectivity index (χ2v) is 11.0. The van der Waals surface area contributed by atoms with Crippen LogP contribution in [0.2, 0.25) is 5.02 Å². The molecule has 0 aliphatic carbocycles. The number of amides is 1. The number of hydrogen-bond acceptors (Lipinski definition) is 3. The van der Waals surface area contributed by atoms with Crippen LogP contribution in [0.3, 0.4) is 0 Å². The summed E-state index contributed by atoms with van der Waals surface area (Å²) < 4.78 is 27.5. The second kappa shape index (κ2) is 9.72. The maximum Gasteiger partial charge on any atom is 0.243 e. The van der Waals surface area contributed by atoms with Crippen molar-refractivity contribution in [3.05, 3.63) is 64.7 Å². The average Bonchev–Trinajstić information content (AvgIpc) is 2.77. The highest BCUT2D eigenvalue weighted by Crippen LogP contribution is 2.29. The summed E-state index contributed by atoms with van der Waals surface area (Å²) in [5.74, 6) is 0.219. The van der Waals surface area contributed by atoms with Gasteiger partial charge < -0.3 is 4.90 Å². The van der Waals surface area contributed by atoms with Crippen LogP contribution in [0.25, 0.3) is 0 Å². The number of nitrogens with zero attached hydrogens (tertiary/aromatic N) is 2. The van der Waals surface area contributed by atoms with E-state index in [-0.39, 0.29) is 17.9 Å². The van der Waals surface area contributed by atoms with E-state index in [0.717, 1.165) is 11.1 Å². The van der Waals surface area contributed by atoms with E-state index < -0.39 is 10.0 Å². The third kappa shape index (κ3) is 5.30. The monoisotopic (exact) mass is 462 g/mol. The number of carbonyl (C=O) groups excluding carboxylic acids is 1. The van der Waals surface area contributed by atoms with Crippen molar-refractivity contribution in [1.29, 1.82) is 0 Å². The maximum absolute atomic E-state index is 13.1. The summed E-state index contributed by atoms with van der Waals surface area (Å²) in [6, 6.07) is 14.5. The molecule has 5 nitrogen and oxygen atoms in total. The summed E-state index contributed by atoms with van der Waals surface area (Å²) in [6.07, 6.45) is 1.05. The van der Waals surface area contributed by atoms with Gasteiger partial charge in [-0.15, -0.1) is 0 Å². The minimum Gasteiger partial charge on any atom is -0.339 e. The quantitative estimate of drug-likeness (QED) is 0.601. The molecule has 2 aromatic rings. The molecule has 31 heavy (non-hydrogen) atoms. The van der Waals surface area contributed by atoms with Crippen LogP contribution in [0.15, 0.2) is 53.4 Å². The predicted octanol–water partition coefficient (Wildman–Crippen LogP) is 5.08. The molecule has 1 aliphatic rings. The van der Waals surface area contributed by atoms with Gasteiger partial charge in [0.15, 0.2) is 0 Å². The summed E-state index contributed by atoms with van der Waals surface area (Å²) in [5.41, 5.74) is 2.09. The van der Waals surface area contributed by atoms with Gasteiger partial charge in [0, 0.05) is 31.1 Å². The lowest BCUT2D eigenvalue weighted by molar-refractivity contribution is -0.137. The topological polar surface area (TPSA) is 57.7 Å². The number of rotatable bonds is 6. The lowest BCUT2D eigenvalue weighted by Gasteiger charge is -2.34. The molecule has 1 fully saturated rings. The first kappa shape index (κ1) is 23.8. The van der Waals surface area contributed by atoms with Crippen LogP contribution in [-0.2, 0) is 14.8 Å². The highest BCUT2D eigenvalue weighted by atomic mass is 35.5. The van der Waals surface area contributed by atoms with Crippen LogP contribution in [0, 0.1) is 5.92 Å². The zero-order chi connectivity index (χ0) is 22.8. The summed E-state index contributed by atoms with van der Waals surface area (Å²) in [7, 11) is -1.75. The van der Waals surface area contributed by atoms with Crippen molar-refractivity contribution in [1.82, 2.24) is 9.21 Å². The Morgan fingerprint density at radius 2 is 1.65 bits per heavy atom. The van der Waals surface area contributed by atoms with Crippen molar-refractivity contribution in [2.75, 3.05) is 20.1 Å². The molecule has 1 heterocycles. The molecule has 0 radical (unpaired) electrons. The van der Waals surface area contributed by atoms with E-state index in [1.165, 1.54) is 4.31 Å². The molecule has 2 aromatic carbocycles. The Labute approximate surface area is 191 Å². The lowest BCUT2D eigenvalue weighted by Crippen LogP contribution is -2.43. The Balaban J connectivity index is 1.63. The van der Waals surface area contributed by atoms with E-state index in [4.69, 9.17) is 11.6 Å². The van der Waals surface area contributed by atoms with Gasteiger partial charge in [-0.2, -0.15) is 4.31 Å². The number of benzene rings is 2. The van der Waals surface area contributed by atoms with Gasteiger partial charge in [-0.25, -0.2) is 8.42 Å². The fourth-order valence-electron chi connectivity index (χ4n) is 3.99. The molecular formula is C24H31ClN2O3S. The molecule has 0 saturated carbocycles. The fraction of sp³-hybridized carbons (Fsp3) is 0.458. The van der Waals surface area contributed by atoms with E-state index in [1.54, 1.807) is 24.1 Å². The molecule has 0 bridgehead atoms. The Morgan fingerprint density at radius 3 is 2.19 bits per heavy atom. The third-order valence-electron chi connectivity index (χ3n) is 6.25. The Morgan fingerprint density at radius 1 is 1.03 bits per heavy atom. The van der Waals surface area contributed by atoms with E-state index in [9.17, 15) is 13.2 Å². The SMILES string of the molecule is CC(C)c1ccc(S(=O)(=O)N2CCC(C(=O)N(C)C(C)c3cccc(Cl)c3)CC2)cc1. The number of halogens is 1. The summed E-state index contributed by atoms with van der Waals surface area (Å²) in [4.78, 5) is 15.1. The van der Waals surface area contributed by atoms with Crippen molar-refractivity contribution in [3.8, 4) is 0 Å². The Kier molecular flexibility index (Phi) is 7.45. The van der Waals surface area contributed by atoms with Gasteiger partial charge in [0.25, 0.3) is 0 Å². The van der Waals surface area contributed by atoms with Crippen LogP contribution < -0.4 is 0 Å². The molecular weight excluding hydrogens is 432 g/mol. The molecule has 3 rings (SSSR count). The van der Waals surface area contributed by atoms with Crippen LogP contribution in [0.5, 0.6) is 0 Å². The Bertz CT molecular complexity index is 1010. The number of hydrogen-bond donors (Lipinski definition) is 0. The highest BCUT2D eigenvalue weighted by molar-refractivity contribution is 7.89. The van der Waals surface area contributed by atoms with E-state index in [2.05, 4.69) is 13.8 Å². The summed E-state index contributed by atoms with van der Waals surface area (Å²) in [6.45, 7) is 6.84. The first-order valence-corrected chi connectivity index (χ1v) is 12.5. The van der Waals surface area contributed by atoms with E-state index in [1.807, 2.05) is 43.3 Å². The van der Waals surface area contributed by atoms with Crippen LogP contribution >= 0.6 is 11.6 Å². The van der Waals surface area contributed by atoms with E-state index in [0.29, 0.717) is 41.8 Å². The van der Waals surface area contributed by atoms with Gasteiger partial charge in [-0.1, -0.05) is 49.7 Å². The summed E-state index contributed by atoms with van der Waals surface area (Å²) >= 11 is 6.09. The molecule has 0 aromatic heterocycles. The molecule has 0 N–H and O–H groups in total. The molecule has 1 atom stereocenters. The van der Waals surface area contributed by atoms with E-state index >= 15 is 0 Å². The first-order valence-electron chi connectivity index (χ1n) is 10.7. The molecule has 1 saturated heterocycles. The zero-order valence-corrected chi connectivity index (χ0v) is 20.2. The molecule has 7 heteroatoms. The smallest absolute Gasteiger partial charge is 0.243 e. The standard InChI is InChI=1S/C24H31ClN2O3S/c1-17(2)19-8-10-23(11-9-19)31(29,30)27-14-12-20(13-15-27)24(28)26(4)18(3)21-6-5-7-22(25)16-21/h5-11,16-18,20H,12-15H2,1-4H3. The normalized spacial score (nSPS) is 17.0. The molecule has 168 valence electrons. The predicted molar refractivity (Wildman–Crippen MR) is 125 cm³/mol. The highest BCUT2D eigenvalue weighted by Gasteiger charge is 2.34. The average molecular weight is 463 g/mol. The maximum atomic E-state index is 13.1. The zero-order valence-electron chi connectivity index (χ0n) is 18.6. The van der Waals surface area contributed by atoms with Gasteiger partial charge in [-0.3, -0.25) is 4.79 Å². The van der Waals surface area contributed by atoms with Gasteiger partial charge in [0.2, 0.25) is 15.9 Å². The largest absolute Gasteiger partial charge is 0.339 e. The van der Waals surface area contributed by atoms with Crippen LogP contribution in [0.1, 0.15) is 56.7 Å². The van der Waals surface area contributed by atoms with Gasteiger partial charge >= 0.3 is 0 Å². The molecule has 0 spiro atoms. The van der Waals surface area contributed by atoms with Crippen LogP contribution in [0.4, 0.5) is 0 Å². The summed E-state index contributed by atoms with van der Waals surface area (Å²) in [5, 5.41) is 0.644. The van der Waals surface area contributed by atoms with Crippen molar-refractivity contribution >= 4 is 27.5 Å². The van der Waals surface area contributed by atoms with Gasteiger partial charge in [0.1, 0.15) is 0 Å². The third-order valence-corrected chi connectivity index (χ3v) is 8.40. The fourth-order valence-corrected chi connectivity index (χ4v) is 5.65. The van der Waals surface area contributed by atoms with Gasteiger partial charge in [-0.05, 0) is 61.1 Å². The molecule has 1 aliphatic heterocycles. The van der Waals surface area contributed by atoms with Gasteiger partial charge in [0.05, 0.1) is 10.9 Å². The minimum absolute atomic E-state index is 0.0470. The van der Waals surface area contributed by atoms with Crippen LogP contribution in [-0.4, -0.2) is 43.7 Å². The Hall–Kier alpha value is -1.89. The van der Waals surface area contributed by atoms with Crippen molar-refractivity contribution in [3.63, 3.8) is 0 Å². The van der Waals surface area contributed by atoms with Crippen molar-refractivity contribution in [2.24, 2.45) is 5.92 Å². The number of piperidine rings is 1. The van der Waals surface area contributed by atoms with Crippen molar-refractivity contribution in [2.45, 2.75) is 50.5 Å². The number of carbonyl (C=O) groups is 1. The van der Waals surface area contributed by atoms with Crippen molar-refractivity contribution < 1.29 is 13.2 Å². The molecule has 1 unspecified atom stereocenters. The first-order chi connectivity index (χ1) is 14.6. The number of sulfonamides is 1. The second-order valence-electron chi connectivity index (χ2n) is 8.58. The lowest BCUT2D eigenvalue weighted by atomic mass is 9.95.